The van der Waals surface area contributed by atoms with E-state index in [2.05, 4.69) is 61.7 Å². The number of nitrogens with one attached hydrogen (secondary N) is 3. The number of nitrogens with zero attached hydrogens (tertiary/aromatic N) is 4. The molecule has 7 heteroatoms. The number of hydrogen-bond acceptors (Lipinski definition) is 6. The van der Waals surface area contributed by atoms with Crippen LogP contribution in [0.4, 0.5) is 17.2 Å². The molecule has 0 saturated carbocycles. The second-order valence-electron chi connectivity index (χ2n) is 8.28. The van der Waals surface area contributed by atoms with Crippen LogP contribution >= 0.6 is 0 Å². The smallest absolute Gasteiger partial charge is 0.145 e. The number of aromatic nitrogens is 3. The Labute approximate surface area is 171 Å². The summed E-state index contributed by atoms with van der Waals surface area (Å²) in [5.74, 6) is 1.00. The molecule has 2 aliphatic rings. The molecular weight excluding hydrogens is 362 g/mol. The summed E-state index contributed by atoms with van der Waals surface area (Å²) in [5, 5.41) is 7.87. The summed E-state index contributed by atoms with van der Waals surface area (Å²) in [4.78, 5) is 17.1. The van der Waals surface area contributed by atoms with Crippen molar-refractivity contribution < 1.29 is 0 Å². The number of hydrogen-bond donors (Lipinski definition) is 3. The summed E-state index contributed by atoms with van der Waals surface area (Å²) in [7, 11) is 4.18. The molecule has 0 bridgehead atoms. The van der Waals surface area contributed by atoms with Crippen molar-refractivity contribution in [2.75, 3.05) is 56.6 Å². The van der Waals surface area contributed by atoms with Crippen LogP contribution in [0.1, 0.15) is 18.4 Å². The van der Waals surface area contributed by atoms with Gasteiger partial charge in [-0.15, -0.1) is 0 Å². The highest BCUT2D eigenvalue weighted by Gasteiger charge is 2.44. The number of benzene rings is 1. The average Bonchev–Trinajstić information content (AvgIpc) is 3.36. The molecule has 1 aromatic carbocycles. The highest BCUT2D eigenvalue weighted by Crippen LogP contribution is 2.50. The van der Waals surface area contributed by atoms with Crippen molar-refractivity contribution in [3.8, 4) is 0 Å². The molecule has 1 fully saturated rings. The van der Waals surface area contributed by atoms with Gasteiger partial charge in [0.25, 0.3) is 0 Å². The number of piperidine rings is 1. The van der Waals surface area contributed by atoms with E-state index in [0.29, 0.717) is 0 Å². The maximum absolute atomic E-state index is 4.70. The summed E-state index contributed by atoms with van der Waals surface area (Å²) in [5.41, 5.74) is 5.11. The zero-order valence-electron chi connectivity index (χ0n) is 17.2. The van der Waals surface area contributed by atoms with Gasteiger partial charge < -0.3 is 25.4 Å². The van der Waals surface area contributed by atoms with Crippen LogP contribution in [0.5, 0.6) is 0 Å². The average molecular weight is 392 g/mol. The fourth-order valence-electron chi connectivity index (χ4n) is 4.90. The molecular formula is C22H29N7. The third kappa shape index (κ3) is 3.05. The number of anilines is 3. The van der Waals surface area contributed by atoms with E-state index in [9.17, 15) is 0 Å². The number of aromatic amines is 1. The Balaban J connectivity index is 1.60. The molecule has 0 unspecified atom stereocenters. The lowest BCUT2D eigenvalue weighted by Gasteiger charge is -2.35. The number of fused-ring (bicyclic) bond motifs is 3. The van der Waals surface area contributed by atoms with Gasteiger partial charge in [-0.1, -0.05) is 0 Å². The van der Waals surface area contributed by atoms with Crippen molar-refractivity contribution in [2.24, 2.45) is 0 Å². The van der Waals surface area contributed by atoms with Crippen LogP contribution in [0, 0.1) is 0 Å². The number of rotatable bonds is 5. The summed E-state index contributed by atoms with van der Waals surface area (Å²) < 4.78 is 0. The zero-order valence-corrected chi connectivity index (χ0v) is 17.2. The molecule has 1 saturated heterocycles. The summed E-state index contributed by atoms with van der Waals surface area (Å²) >= 11 is 0. The zero-order chi connectivity index (χ0) is 19.8. The van der Waals surface area contributed by atoms with Crippen molar-refractivity contribution >= 4 is 28.2 Å². The van der Waals surface area contributed by atoms with Crippen LogP contribution < -0.4 is 20.4 Å². The van der Waals surface area contributed by atoms with Crippen molar-refractivity contribution in [2.45, 2.75) is 18.3 Å². The first-order valence-corrected chi connectivity index (χ1v) is 10.5. The first kappa shape index (κ1) is 18.4. The van der Waals surface area contributed by atoms with Gasteiger partial charge in [-0.25, -0.2) is 9.97 Å². The Kier molecular flexibility index (Phi) is 4.64. The van der Waals surface area contributed by atoms with Gasteiger partial charge >= 0.3 is 0 Å². The van der Waals surface area contributed by atoms with Crippen LogP contribution in [0.15, 0.2) is 36.8 Å². The van der Waals surface area contributed by atoms with E-state index < -0.39 is 0 Å². The molecule has 0 radical (unpaired) electrons. The fourth-order valence-corrected chi connectivity index (χ4v) is 4.90. The molecule has 29 heavy (non-hydrogen) atoms. The molecule has 152 valence electrons. The maximum Gasteiger partial charge on any atom is 0.145 e. The standard InChI is InChI=1S/C22H29N7/c1-23-11-12-28(2)16-3-4-19-18(13-16)22(6-9-24-10-7-22)14-29(19)21-17-5-8-25-20(17)26-15-27-21/h3-5,8,13,15,23-24H,6-7,9-12,14H2,1-2H3,(H,25,26,27). The second kappa shape index (κ2) is 7.31. The van der Waals surface area contributed by atoms with Gasteiger partial charge in [0.1, 0.15) is 17.8 Å². The van der Waals surface area contributed by atoms with Gasteiger partial charge in [0.2, 0.25) is 0 Å². The van der Waals surface area contributed by atoms with Gasteiger partial charge in [-0.2, -0.15) is 0 Å². The second-order valence-corrected chi connectivity index (χ2v) is 8.28. The molecule has 0 aliphatic carbocycles. The van der Waals surface area contributed by atoms with Crippen molar-refractivity contribution in [3.05, 3.63) is 42.4 Å². The highest BCUT2D eigenvalue weighted by molar-refractivity contribution is 5.91. The van der Waals surface area contributed by atoms with Crippen LogP contribution in [0.3, 0.4) is 0 Å². The third-order valence-corrected chi connectivity index (χ3v) is 6.59. The Bertz CT molecular complexity index is 1010. The Morgan fingerprint density at radius 3 is 2.90 bits per heavy atom. The van der Waals surface area contributed by atoms with E-state index in [1.807, 2.05) is 13.2 Å². The fraction of sp³-hybridized carbons (Fsp3) is 0.455. The molecule has 7 nitrogen and oxygen atoms in total. The Hall–Kier alpha value is -2.64. The lowest BCUT2D eigenvalue weighted by molar-refractivity contribution is 0.329. The van der Waals surface area contributed by atoms with E-state index in [0.717, 1.165) is 62.4 Å². The van der Waals surface area contributed by atoms with Crippen molar-refractivity contribution in [3.63, 3.8) is 0 Å². The molecule has 5 rings (SSSR count). The van der Waals surface area contributed by atoms with Crippen LogP contribution in [-0.2, 0) is 5.41 Å². The summed E-state index contributed by atoms with van der Waals surface area (Å²) in [6.07, 6.45) is 5.92. The van der Waals surface area contributed by atoms with Crippen molar-refractivity contribution in [1.82, 2.24) is 25.6 Å². The molecule has 4 heterocycles. The minimum atomic E-state index is 0.175. The molecule has 1 spiro atoms. The third-order valence-electron chi connectivity index (χ3n) is 6.59. The number of H-pyrrole nitrogens is 1. The quantitative estimate of drug-likeness (QED) is 0.620. The monoisotopic (exact) mass is 391 g/mol. The van der Waals surface area contributed by atoms with E-state index in [-0.39, 0.29) is 5.41 Å². The molecule has 2 aliphatic heterocycles. The molecule has 2 aromatic heterocycles. The summed E-state index contributed by atoms with van der Waals surface area (Å²) in [6.45, 7) is 5.07. The van der Waals surface area contributed by atoms with Gasteiger partial charge in [0.05, 0.1) is 5.39 Å². The number of likely N-dealkylation sites (N-methyl/N-ethyl adjacent to an activating group) is 2. The van der Waals surface area contributed by atoms with Gasteiger partial charge in [-0.05, 0) is 62.8 Å². The predicted molar refractivity (Wildman–Crippen MR) is 118 cm³/mol. The van der Waals surface area contributed by atoms with Crippen LogP contribution in [-0.4, -0.2) is 61.8 Å². The van der Waals surface area contributed by atoms with Gasteiger partial charge in [0.15, 0.2) is 0 Å². The molecule has 3 N–H and O–H groups in total. The first-order chi connectivity index (χ1) is 14.2. The highest BCUT2D eigenvalue weighted by atomic mass is 15.2. The minimum Gasteiger partial charge on any atom is -0.373 e. The Morgan fingerprint density at radius 2 is 2.07 bits per heavy atom. The van der Waals surface area contributed by atoms with Crippen LogP contribution in [0.2, 0.25) is 0 Å². The lowest BCUT2D eigenvalue weighted by atomic mass is 9.74. The lowest BCUT2D eigenvalue weighted by Crippen LogP contribution is -2.42. The summed E-state index contributed by atoms with van der Waals surface area (Å²) in [6, 6.07) is 9.04. The van der Waals surface area contributed by atoms with E-state index in [1.165, 1.54) is 16.9 Å². The van der Waals surface area contributed by atoms with E-state index in [4.69, 9.17) is 4.98 Å². The first-order valence-electron chi connectivity index (χ1n) is 10.5. The predicted octanol–water partition coefficient (Wildman–Crippen LogP) is 2.39. The van der Waals surface area contributed by atoms with Crippen molar-refractivity contribution in [1.29, 1.82) is 0 Å². The van der Waals surface area contributed by atoms with Crippen LogP contribution in [0.25, 0.3) is 11.0 Å². The topological polar surface area (TPSA) is 72.1 Å². The largest absolute Gasteiger partial charge is 0.373 e. The molecule has 3 aromatic rings. The normalized spacial score (nSPS) is 17.8. The van der Waals surface area contributed by atoms with E-state index >= 15 is 0 Å². The van der Waals surface area contributed by atoms with E-state index in [1.54, 1.807) is 6.33 Å². The van der Waals surface area contributed by atoms with Gasteiger partial charge in [0, 0.05) is 49.7 Å². The SMILES string of the molecule is CNCCN(C)c1ccc2c(c1)C1(CCNCC1)CN2c1ncnc2[nH]ccc12. The van der Waals surface area contributed by atoms with Gasteiger partial charge in [-0.3, -0.25) is 0 Å². The molecule has 0 amide bonds. The minimum absolute atomic E-state index is 0.175. The Morgan fingerprint density at radius 1 is 1.21 bits per heavy atom. The molecule has 0 atom stereocenters. The maximum atomic E-state index is 4.70.